The van der Waals surface area contributed by atoms with Crippen molar-refractivity contribution >= 4 is 11.9 Å². The number of nitrogens with zero attached hydrogens (tertiary/aromatic N) is 2. The molecule has 3 amide bonds. The van der Waals surface area contributed by atoms with Crippen molar-refractivity contribution in [1.29, 1.82) is 0 Å². The van der Waals surface area contributed by atoms with Crippen molar-refractivity contribution in [1.82, 2.24) is 15.1 Å². The molecule has 3 fully saturated rings. The quantitative estimate of drug-likeness (QED) is 0.767. The largest absolute Gasteiger partial charge is 0.338 e. The van der Waals surface area contributed by atoms with Crippen molar-refractivity contribution in [2.75, 3.05) is 21.1 Å². The number of fused-ring (bicyclic) bond motifs is 5. The van der Waals surface area contributed by atoms with Gasteiger partial charge in [0.2, 0.25) is 5.91 Å². The number of urea groups is 1. The van der Waals surface area contributed by atoms with E-state index in [4.69, 9.17) is 0 Å². The maximum atomic E-state index is 12.3. The van der Waals surface area contributed by atoms with Gasteiger partial charge in [-0.25, -0.2) is 4.79 Å². The van der Waals surface area contributed by atoms with Gasteiger partial charge in [0.05, 0.1) is 0 Å². The lowest BCUT2D eigenvalue weighted by atomic mass is 9.48. The van der Waals surface area contributed by atoms with E-state index in [1.807, 2.05) is 26.0 Å². The zero-order valence-electron chi connectivity index (χ0n) is 17.5. The average molecular weight is 374 g/mol. The van der Waals surface area contributed by atoms with E-state index >= 15 is 0 Å². The van der Waals surface area contributed by atoms with E-state index in [0.29, 0.717) is 23.8 Å². The third kappa shape index (κ3) is 2.64. The topological polar surface area (TPSA) is 52.7 Å². The van der Waals surface area contributed by atoms with Gasteiger partial charge >= 0.3 is 6.03 Å². The van der Waals surface area contributed by atoms with Gasteiger partial charge in [-0.05, 0) is 67.8 Å². The summed E-state index contributed by atoms with van der Waals surface area (Å²) in [5, 5.41) is 3.31. The summed E-state index contributed by atoms with van der Waals surface area (Å²) in [6.45, 7) is 4.80. The van der Waals surface area contributed by atoms with E-state index in [-0.39, 0.29) is 28.8 Å². The third-order valence-corrected chi connectivity index (χ3v) is 8.83. The molecule has 0 radical (unpaired) electrons. The number of nitrogens with one attached hydrogen (secondary N) is 1. The smallest absolute Gasteiger partial charge is 0.317 e. The molecule has 1 heterocycles. The minimum Gasteiger partial charge on any atom is -0.338 e. The number of hydrogen-bond acceptors (Lipinski definition) is 2. The van der Waals surface area contributed by atoms with Crippen LogP contribution in [0.4, 0.5) is 4.79 Å². The molecule has 1 aliphatic heterocycles. The van der Waals surface area contributed by atoms with Crippen LogP contribution in [0.5, 0.6) is 0 Å². The van der Waals surface area contributed by atoms with E-state index < -0.39 is 0 Å². The highest BCUT2D eigenvalue weighted by Crippen LogP contribution is 2.63. The van der Waals surface area contributed by atoms with Crippen LogP contribution in [-0.4, -0.2) is 55.0 Å². The molecule has 3 saturated carbocycles. The van der Waals surface area contributed by atoms with Gasteiger partial charge in [0.25, 0.3) is 0 Å². The summed E-state index contributed by atoms with van der Waals surface area (Å²) in [6, 6.07) is 0.663. The maximum Gasteiger partial charge on any atom is 0.317 e. The zero-order valence-corrected chi connectivity index (χ0v) is 17.5. The Bertz CT molecular complexity index is 674. The second-order valence-corrected chi connectivity index (χ2v) is 10.1. The van der Waals surface area contributed by atoms with Crippen molar-refractivity contribution in [2.45, 2.75) is 64.5 Å². The molecule has 4 aliphatic rings. The summed E-state index contributed by atoms with van der Waals surface area (Å²) < 4.78 is 0. The molecule has 3 aliphatic carbocycles. The molecule has 0 saturated heterocycles. The summed E-state index contributed by atoms with van der Waals surface area (Å²) in [6.07, 6.45) is 11.0. The Balaban J connectivity index is 1.58. The van der Waals surface area contributed by atoms with Gasteiger partial charge in [-0.2, -0.15) is 0 Å². The Kier molecular flexibility index (Phi) is 4.36. The molecule has 0 aromatic rings. The lowest BCUT2D eigenvalue weighted by Gasteiger charge is -2.60. The number of carbonyl (C=O) groups excluding carboxylic acids is 2. The molecule has 150 valence electrons. The summed E-state index contributed by atoms with van der Waals surface area (Å²) in [4.78, 5) is 28.1. The lowest BCUT2D eigenvalue weighted by molar-refractivity contribution is -0.138. The van der Waals surface area contributed by atoms with E-state index in [2.05, 4.69) is 25.2 Å². The van der Waals surface area contributed by atoms with Gasteiger partial charge < -0.3 is 15.1 Å². The fourth-order valence-corrected chi connectivity index (χ4v) is 7.25. The number of hydrogen-bond donors (Lipinski definition) is 1. The van der Waals surface area contributed by atoms with Gasteiger partial charge in [-0.15, -0.1) is 0 Å². The first-order chi connectivity index (χ1) is 12.7. The summed E-state index contributed by atoms with van der Waals surface area (Å²) in [7, 11) is 5.61. The molecule has 2 unspecified atom stereocenters. The van der Waals surface area contributed by atoms with E-state index in [9.17, 15) is 9.59 Å². The van der Waals surface area contributed by atoms with Crippen LogP contribution in [0, 0.1) is 28.6 Å². The van der Waals surface area contributed by atoms with Crippen molar-refractivity contribution < 1.29 is 9.59 Å². The fourth-order valence-electron chi connectivity index (χ4n) is 7.25. The summed E-state index contributed by atoms with van der Waals surface area (Å²) >= 11 is 0. The number of carbonyl (C=O) groups is 2. The van der Waals surface area contributed by atoms with Crippen LogP contribution in [0.15, 0.2) is 12.2 Å². The molecule has 0 aromatic heterocycles. The first kappa shape index (κ1) is 18.8. The number of amides is 3. The second kappa shape index (κ2) is 6.25. The van der Waals surface area contributed by atoms with Crippen LogP contribution in [0.3, 0.4) is 0 Å². The standard InChI is InChI=1S/C22H35N3O2/c1-21-12-10-16-14(15(21)7-8-17(21)23-20(27)24(3)4)6-9-18-22(16,2)13-11-19(26)25(18)5/h11,13-18H,6-10,12H2,1-5H3,(H,23,27)/t14-,15-,16+,17?,18?,21-,22+/m0/s1. The number of likely N-dealkylation sites (N-methyl/N-ethyl adjacent to an activating group) is 1. The molecule has 0 aromatic carbocycles. The molecule has 4 rings (SSSR count). The summed E-state index contributed by atoms with van der Waals surface area (Å²) in [5.74, 6) is 2.18. The first-order valence-electron chi connectivity index (χ1n) is 10.6. The van der Waals surface area contributed by atoms with Gasteiger partial charge in [0.15, 0.2) is 0 Å². The molecule has 1 N–H and O–H groups in total. The van der Waals surface area contributed by atoms with Crippen LogP contribution >= 0.6 is 0 Å². The van der Waals surface area contributed by atoms with Gasteiger partial charge in [-0.1, -0.05) is 19.9 Å². The minimum atomic E-state index is 0.0371. The van der Waals surface area contributed by atoms with Crippen molar-refractivity contribution in [2.24, 2.45) is 28.6 Å². The molecule has 27 heavy (non-hydrogen) atoms. The van der Waals surface area contributed by atoms with E-state index in [1.54, 1.807) is 11.0 Å². The minimum absolute atomic E-state index is 0.0371. The monoisotopic (exact) mass is 373 g/mol. The second-order valence-electron chi connectivity index (χ2n) is 10.1. The maximum absolute atomic E-state index is 12.3. The Morgan fingerprint density at radius 1 is 1.15 bits per heavy atom. The van der Waals surface area contributed by atoms with Crippen molar-refractivity contribution in [3.05, 3.63) is 12.2 Å². The molecule has 0 bridgehead atoms. The first-order valence-corrected chi connectivity index (χ1v) is 10.6. The Hall–Kier alpha value is -1.52. The Morgan fingerprint density at radius 3 is 2.59 bits per heavy atom. The predicted molar refractivity (Wildman–Crippen MR) is 106 cm³/mol. The SMILES string of the molecule is CN(C)C(=O)NC1CC[C@H]2[C@@H]3CCC4N(C)C(=O)C=C[C@]4(C)[C@@H]3CC[C@]12C. The Labute approximate surface area is 163 Å². The molecule has 7 atom stereocenters. The van der Waals surface area contributed by atoms with Crippen LogP contribution in [0.2, 0.25) is 0 Å². The van der Waals surface area contributed by atoms with Crippen LogP contribution in [0.25, 0.3) is 0 Å². The Morgan fingerprint density at radius 2 is 1.89 bits per heavy atom. The lowest BCUT2D eigenvalue weighted by Crippen LogP contribution is -2.60. The predicted octanol–water partition coefficient (Wildman–Crippen LogP) is 3.27. The molecular formula is C22H35N3O2. The van der Waals surface area contributed by atoms with Gasteiger partial charge in [-0.3, -0.25) is 4.79 Å². The molecule has 5 heteroatoms. The molecular weight excluding hydrogens is 338 g/mol. The summed E-state index contributed by atoms with van der Waals surface area (Å²) in [5.41, 5.74) is 0.300. The average Bonchev–Trinajstić information content (AvgIpc) is 2.95. The zero-order chi connectivity index (χ0) is 19.6. The fraction of sp³-hybridized carbons (Fsp3) is 0.818. The highest BCUT2D eigenvalue weighted by atomic mass is 16.2. The number of rotatable bonds is 1. The van der Waals surface area contributed by atoms with Crippen molar-refractivity contribution in [3.63, 3.8) is 0 Å². The van der Waals surface area contributed by atoms with E-state index in [0.717, 1.165) is 12.8 Å². The molecule has 0 spiro atoms. The highest BCUT2D eigenvalue weighted by Gasteiger charge is 2.60. The van der Waals surface area contributed by atoms with Crippen LogP contribution < -0.4 is 5.32 Å². The van der Waals surface area contributed by atoms with Crippen molar-refractivity contribution in [3.8, 4) is 0 Å². The highest BCUT2D eigenvalue weighted by molar-refractivity contribution is 5.89. The van der Waals surface area contributed by atoms with E-state index in [1.165, 1.54) is 25.7 Å². The molecule has 5 nitrogen and oxygen atoms in total. The van der Waals surface area contributed by atoms with Crippen LogP contribution in [-0.2, 0) is 4.79 Å². The third-order valence-electron chi connectivity index (χ3n) is 8.83. The van der Waals surface area contributed by atoms with Gasteiger partial charge in [0, 0.05) is 38.6 Å². The van der Waals surface area contributed by atoms with Gasteiger partial charge in [0.1, 0.15) is 0 Å². The van der Waals surface area contributed by atoms with Crippen LogP contribution in [0.1, 0.15) is 52.4 Å². The normalized spacial score (nSPS) is 45.7.